The molecule has 1 heterocycles. The number of nitrogens with zero attached hydrogens (tertiary/aromatic N) is 2. The first-order valence-corrected chi connectivity index (χ1v) is 11.1. The Bertz CT molecular complexity index is 852. The lowest BCUT2D eigenvalue weighted by Gasteiger charge is -2.32. The number of nitrogens with one attached hydrogen (secondary N) is 2. The van der Waals surface area contributed by atoms with Crippen LogP contribution in [0.25, 0.3) is 0 Å². The van der Waals surface area contributed by atoms with Gasteiger partial charge in [0.15, 0.2) is 5.96 Å². The van der Waals surface area contributed by atoms with Gasteiger partial charge in [-0.1, -0.05) is 48.5 Å². The zero-order valence-corrected chi connectivity index (χ0v) is 21.4. The predicted molar refractivity (Wildman–Crippen MR) is 141 cm³/mol. The Hall–Kier alpha value is -2.29. The van der Waals surface area contributed by atoms with Gasteiger partial charge in [-0.3, -0.25) is 9.79 Å². The molecule has 0 unspecified atom stereocenters. The molecule has 0 spiro atoms. The Morgan fingerprint density at radius 2 is 1.75 bits per heavy atom. The van der Waals surface area contributed by atoms with Gasteiger partial charge in [0.2, 0.25) is 5.91 Å². The molecular weight excluding hydrogens is 515 g/mol. The van der Waals surface area contributed by atoms with Crippen molar-refractivity contribution >= 4 is 35.8 Å². The Morgan fingerprint density at radius 1 is 1.06 bits per heavy atom. The molecular formula is C25H35IN4O2. The van der Waals surface area contributed by atoms with Crippen molar-refractivity contribution in [3.63, 3.8) is 0 Å². The molecule has 1 aliphatic heterocycles. The summed E-state index contributed by atoms with van der Waals surface area (Å²) in [5.74, 6) is 2.31. The van der Waals surface area contributed by atoms with E-state index in [9.17, 15) is 4.79 Å². The second-order valence-corrected chi connectivity index (χ2v) is 7.93. The van der Waals surface area contributed by atoms with Gasteiger partial charge < -0.3 is 20.3 Å². The van der Waals surface area contributed by atoms with Crippen molar-refractivity contribution < 1.29 is 9.53 Å². The van der Waals surface area contributed by atoms with E-state index in [1.165, 1.54) is 5.56 Å². The third-order valence-electron chi connectivity index (χ3n) is 5.84. The lowest BCUT2D eigenvalue weighted by Crippen LogP contribution is -2.47. The molecule has 0 aliphatic carbocycles. The number of methoxy groups -OCH3 is 1. The minimum Gasteiger partial charge on any atom is -0.496 e. The Labute approximate surface area is 208 Å². The normalized spacial score (nSPS) is 14.4. The minimum atomic E-state index is 0. The monoisotopic (exact) mass is 550 g/mol. The van der Waals surface area contributed by atoms with Crippen molar-refractivity contribution in [1.29, 1.82) is 0 Å². The number of carbonyl (C=O) groups excluding carboxylic acids is 1. The molecule has 2 aromatic carbocycles. The first-order chi connectivity index (χ1) is 15.2. The van der Waals surface area contributed by atoms with E-state index in [0.717, 1.165) is 50.1 Å². The number of aliphatic imine (C=N–C) groups is 1. The Morgan fingerprint density at radius 3 is 2.44 bits per heavy atom. The number of benzene rings is 2. The van der Waals surface area contributed by atoms with Gasteiger partial charge in [0.25, 0.3) is 0 Å². The maximum absolute atomic E-state index is 12.6. The molecule has 6 nitrogen and oxygen atoms in total. The molecule has 2 N–H and O–H groups in total. The fourth-order valence-corrected chi connectivity index (χ4v) is 4.05. The summed E-state index contributed by atoms with van der Waals surface area (Å²) in [5, 5.41) is 6.42. The highest BCUT2D eigenvalue weighted by atomic mass is 127. The molecule has 0 aromatic heterocycles. The van der Waals surface area contributed by atoms with E-state index in [-0.39, 0.29) is 36.4 Å². The fourth-order valence-electron chi connectivity index (χ4n) is 4.05. The van der Waals surface area contributed by atoms with Crippen LogP contribution in [-0.4, -0.2) is 57.1 Å². The van der Waals surface area contributed by atoms with Crippen molar-refractivity contribution in [2.24, 2.45) is 10.9 Å². The fraction of sp³-hybridized carbons (Fsp3) is 0.440. The number of halogens is 1. The quantitative estimate of drug-likeness (QED) is 0.300. The number of rotatable bonds is 8. The molecule has 1 amide bonds. The van der Waals surface area contributed by atoms with Crippen LogP contribution in [0.4, 0.5) is 0 Å². The van der Waals surface area contributed by atoms with Gasteiger partial charge in [-0.05, 0) is 48.8 Å². The van der Waals surface area contributed by atoms with Crippen LogP contribution in [0.3, 0.4) is 0 Å². The molecule has 0 bridgehead atoms. The molecule has 1 fully saturated rings. The molecule has 1 aliphatic rings. The van der Waals surface area contributed by atoms with Crippen LogP contribution in [-0.2, 0) is 17.6 Å². The molecule has 0 saturated carbocycles. The van der Waals surface area contributed by atoms with Gasteiger partial charge in [0.1, 0.15) is 5.75 Å². The average Bonchev–Trinajstić information content (AvgIpc) is 2.82. The van der Waals surface area contributed by atoms with Crippen LogP contribution >= 0.6 is 24.0 Å². The highest BCUT2D eigenvalue weighted by molar-refractivity contribution is 14.0. The average molecular weight is 550 g/mol. The third-order valence-corrected chi connectivity index (χ3v) is 5.84. The smallest absolute Gasteiger partial charge is 0.241 e. The van der Waals surface area contributed by atoms with Crippen LogP contribution < -0.4 is 15.4 Å². The van der Waals surface area contributed by atoms with Crippen LogP contribution in [0.5, 0.6) is 5.75 Å². The van der Waals surface area contributed by atoms with Crippen LogP contribution in [0.2, 0.25) is 0 Å². The molecule has 32 heavy (non-hydrogen) atoms. The zero-order chi connectivity index (χ0) is 21.9. The van der Waals surface area contributed by atoms with Gasteiger partial charge in [-0.25, -0.2) is 0 Å². The number of piperidine rings is 1. The first kappa shape index (κ1) is 26.0. The summed E-state index contributed by atoms with van der Waals surface area (Å²) in [7, 11) is 3.40. The first-order valence-electron chi connectivity index (χ1n) is 11.1. The summed E-state index contributed by atoms with van der Waals surface area (Å²) in [5.41, 5.74) is 2.53. The second-order valence-electron chi connectivity index (χ2n) is 7.93. The van der Waals surface area contributed by atoms with E-state index >= 15 is 0 Å². The standard InChI is InChI=1S/C25H34N4O2.HI/c1-26-25(27-15-12-22-10-6-7-11-23(22)31-2)28-19-24(30)29-16-13-21(14-17-29)18-20-8-4-3-5-9-20;/h3-11,21H,12-19H2,1-2H3,(H2,26,27,28);1H. The number of guanidine groups is 1. The molecule has 7 heteroatoms. The number of para-hydroxylation sites is 1. The van der Waals surface area contributed by atoms with Crippen LogP contribution in [0.1, 0.15) is 24.0 Å². The predicted octanol–water partition coefficient (Wildman–Crippen LogP) is 3.50. The number of hydrogen-bond acceptors (Lipinski definition) is 3. The lowest BCUT2D eigenvalue weighted by atomic mass is 9.90. The number of amides is 1. The Balaban J connectivity index is 0.00000363. The summed E-state index contributed by atoms with van der Waals surface area (Å²) in [6, 6.07) is 18.6. The number of ether oxygens (including phenoxy) is 1. The van der Waals surface area contributed by atoms with E-state index in [1.807, 2.05) is 23.1 Å². The highest BCUT2D eigenvalue weighted by Gasteiger charge is 2.22. The van der Waals surface area contributed by atoms with E-state index in [4.69, 9.17) is 4.74 Å². The molecule has 174 valence electrons. The highest BCUT2D eigenvalue weighted by Crippen LogP contribution is 2.21. The maximum atomic E-state index is 12.6. The summed E-state index contributed by atoms with van der Waals surface area (Å²) < 4.78 is 5.39. The van der Waals surface area contributed by atoms with E-state index < -0.39 is 0 Å². The summed E-state index contributed by atoms with van der Waals surface area (Å²) in [4.78, 5) is 18.8. The van der Waals surface area contributed by atoms with Crippen molar-refractivity contribution in [2.45, 2.75) is 25.7 Å². The summed E-state index contributed by atoms with van der Waals surface area (Å²) in [6.07, 6.45) is 4.04. The van der Waals surface area contributed by atoms with Gasteiger partial charge in [0, 0.05) is 26.7 Å². The van der Waals surface area contributed by atoms with Crippen LogP contribution in [0, 0.1) is 5.92 Å². The Kier molecular flexibility index (Phi) is 11.3. The second kappa shape index (κ2) is 14.0. The van der Waals surface area contributed by atoms with Crippen molar-refractivity contribution in [3.05, 3.63) is 65.7 Å². The maximum Gasteiger partial charge on any atom is 0.241 e. The molecule has 2 aromatic rings. The van der Waals surface area contributed by atoms with Gasteiger partial charge >= 0.3 is 0 Å². The zero-order valence-electron chi connectivity index (χ0n) is 19.0. The summed E-state index contributed by atoms with van der Waals surface area (Å²) >= 11 is 0. The summed E-state index contributed by atoms with van der Waals surface area (Å²) in [6.45, 7) is 2.63. The number of hydrogen-bond donors (Lipinski definition) is 2. The largest absolute Gasteiger partial charge is 0.496 e. The van der Waals surface area contributed by atoms with Gasteiger partial charge in [-0.15, -0.1) is 24.0 Å². The van der Waals surface area contributed by atoms with E-state index in [1.54, 1.807) is 14.2 Å². The number of carbonyl (C=O) groups is 1. The van der Waals surface area contributed by atoms with Gasteiger partial charge in [0.05, 0.1) is 13.7 Å². The van der Waals surface area contributed by atoms with Crippen LogP contribution in [0.15, 0.2) is 59.6 Å². The van der Waals surface area contributed by atoms with E-state index in [0.29, 0.717) is 18.4 Å². The third kappa shape index (κ3) is 8.00. The molecule has 1 saturated heterocycles. The van der Waals surface area contributed by atoms with Gasteiger partial charge in [-0.2, -0.15) is 0 Å². The van der Waals surface area contributed by atoms with Crippen molar-refractivity contribution in [1.82, 2.24) is 15.5 Å². The molecule has 3 rings (SSSR count). The molecule has 0 atom stereocenters. The number of likely N-dealkylation sites (tertiary alicyclic amines) is 1. The minimum absolute atomic E-state index is 0. The van der Waals surface area contributed by atoms with Crippen molar-refractivity contribution in [2.75, 3.05) is 40.3 Å². The van der Waals surface area contributed by atoms with E-state index in [2.05, 4.69) is 52.0 Å². The molecule has 0 radical (unpaired) electrons. The SMILES string of the molecule is CN=C(NCCc1ccccc1OC)NCC(=O)N1CCC(Cc2ccccc2)CC1.I. The van der Waals surface area contributed by atoms with Crippen molar-refractivity contribution in [3.8, 4) is 5.75 Å². The lowest BCUT2D eigenvalue weighted by molar-refractivity contribution is -0.131. The topological polar surface area (TPSA) is 66.0 Å².